The summed E-state index contributed by atoms with van der Waals surface area (Å²) in [5.74, 6) is 1.48. The maximum Gasteiger partial charge on any atom is 0.240 e. The van der Waals surface area contributed by atoms with Crippen molar-refractivity contribution in [3.8, 4) is 11.5 Å². The second kappa shape index (κ2) is 8.58. The van der Waals surface area contributed by atoms with Gasteiger partial charge in [0, 0.05) is 30.6 Å². The van der Waals surface area contributed by atoms with E-state index in [1.165, 1.54) is 28.9 Å². The van der Waals surface area contributed by atoms with Gasteiger partial charge in [0.25, 0.3) is 0 Å². The molecular weight excluding hydrogens is 406 g/mol. The van der Waals surface area contributed by atoms with Crippen LogP contribution in [-0.4, -0.2) is 67.0 Å². The Hall–Kier alpha value is -2.28. The summed E-state index contributed by atoms with van der Waals surface area (Å²) in [5, 5.41) is 2.93. The Balaban J connectivity index is 1.53. The first-order chi connectivity index (χ1) is 15.1. The van der Waals surface area contributed by atoms with E-state index >= 15 is 0 Å². The van der Waals surface area contributed by atoms with Gasteiger partial charge >= 0.3 is 0 Å². The van der Waals surface area contributed by atoms with Crippen molar-refractivity contribution in [2.75, 3.05) is 39.9 Å². The van der Waals surface area contributed by atoms with Crippen molar-refractivity contribution in [3.63, 3.8) is 0 Å². The summed E-state index contributed by atoms with van der Waals surface area (Å²) in [7, 11) is 1.71. The second-order valence-electron chi connectivity index (χ2n) is 10.7. The summed E-state index contributed by atoms with van der Waals surface area (Å²) in [6, 6.07) is 4.42. The largest absolute Gasteiger partial charge is 0.486 e. The molecule has 0 saturated heterocycles. The predicted molar refractivity (Wildman–Crippen MR) is 123 cm³/mol. The Morgan fingerprint density at radius 3 is 2.41 bits per heavy atom. The minimum Gasteiger partial charge on any atom is -0.486 e. The molecule has 2 heterocycles. The van der Waals surface area contributed by atoms with Gasteiger partial charge in [0.2, 0.25) is 11.8 Å². The number of benzene rings is 1. The van der Waals surface area contributed by atoms with Gasteiger partial charge in [0.1, 0.15) is 13.2 Å². The fourth-order valence-electron chi connectivity index (χ4n) is 5.44. The molecule has 2 amide bonds. The Kier molecular flexibility index (Phi) is 6.14. The van der Waals surface area contributed by atoms with Crippen molar-refractivity contribution in [2.45, 2.75) is 70.4 Å². The van der Waals surface area contributed by atoms with Crippen LogP contribution in [0.25, 0.3) is 0 Å². The monoisotopic (exact) mass is 443 g/mol. The van der Waals surface area contributed by atoms with Crippen LogP contribution >= 0.6 is 0 Å². The summed E-state index contributed by atoms with van der Waals surface area (Å²) in [6.07, 6.45) is 4.66. The molecule has 0 bridgehead atoms. The summed E-state index contributed by atoms with van der Waals surface area (Å²) in [5.41, 5.74) is 2.35. The van der Waals surface area contributed by atoms with Crippen LogP contribution in [0.15, 0.2) is 12.1 Å². The molecule has 1 spiro atoms. The first-order valence-corrected chi connectivity index (χ1v) is 11.8. The fraction of sp³-hybridized carbons (Fsp3) is 0.680. The molecule has 32 heavy (non-hydrogen) atoms. The van der Waals surface area contributed by atoms with Crippen molar-refractivity contribution in [1.82, 2.24) is 15.1 Å². The molecule has 7 heteroatoms. The molecule has 4 rings (SSSR count). The lowest BCUT2D eigenvalue weighted by atomic mass is 9.71. The zero-order valence-corrected chi connectivity index (χ0v) is 20.1. The molecule has 1 aliphatic carbocycles. The molecule has 0 radical (unpaired) electrons. The van der Waals surface area contributed by atoms with Gasteiger partial charge in [0.15, 0.2) is 11.5 Å². The number of likely N-dealkylation sites (N-methyl/N-ethyl adjacent to an activating group) is 1. The van der Waals surface area contributed by atoms with E-state index < -0.39 is 0 Å². The Morgan fingerprint density at radius 2 is 1.78 bits per heavy atom. The van der Waals surface area contributed by atoms with Crippen LogP contribution in [0.3, 0.4) is 0 Å². The Morgan fingerprint density at radius 1 is 1.16 bits per heavy atom. The zero-order chi connectivity index (χ0) is 23.1. The maximum absolute atomic E-state index is 13.1. The third-order valence-corrected chi connectivity index (χ3v) is 7.01. The van der Waals surface area contributed by atoms with E-state index in [0.29, 0.717) is 19.8 Å². The SMILES string of the molecule is CC1c2cc3c(cc2C2(CCCC2)CN1CC(=O)N(C)CC(=O)NC(C)(C)C)OCCO3. The number of hydrogen-bond acceptors (Lipinski definition) is 5. The third-order valence-electron chi connectivity index (χ3n) is 7.01. The third kappa shape index (κ3) is 4.58. The van der Waals surface area contributed by atoms with Crippen LogP contribution in [0, 0.1) is 0 Å². The molecule has 2 aliphatic heterocycles. The van der Waals surface area contributed by atoms with E-state index in [-0.39, 0.29) is 35.4 Å². The quantitative estimate of drug-likeness (QED) is 0.775. The highest BCUT2D eigenvalue weighted by Gasteiger charge is 2.45. The number of ether oxygens (including phenoxy) is 2. The molecule has 176 valence electrons. The smallest absolute Gasteiger partial charge is 0.240 e. The van der Waals surface area contributed by atoms with E-state index in [1.54, 1.807) is 7.05 Å². The van der Waals surface area contributed by atoms with Gasteiger partial charge in [-0.3, -0.25) is 14.5 Å². The topological polar surface area (TPSA) is 71.1 Å². The Bertz CT molecular complexity index is 886. The number of amides is 2. The number of nitrogens with zero attached hydrogens (tertiary/aromatic N) is 2. The lowest BCUT2D eigenvalue weighted by Crippen LogP contribution is -2.51. The van der Waals surface area contributed by atoms with Crippen LogP contribution < -0.4 is 14.8 Å². The van der Waals surface area contributed by atoms with Crippen molar-refractivity contribution in [2.24, 2.45) is 0 Å². The predicted octanol–water partition coefficient (Wildman–Crippen LogP) is 3.02. The van der Waals surface area contributed by atoms with E-state index in [2.05, 4.69) is 29.3 Å². The van der Waals surface area contributed by atoms with E-state index in [1.807, 2.05) is 20.8 Å². The number of fused-ring (bicyclic) bond motifs is 3. The fourth-order valence-corrected chi connectivity index (χ4v) is 5.44. The molecule has 1 aromatic carbocycles. The van der Waals surface area contributed by atoms with Crippen LogP contribution in [-0.2, 0) is 15.0 Å². The molecule has 0 aromatic heterocycles. The highest BCUT2D eigenvalue weighted by atomic mass is 16.6. The van der Waals surface area contributed by atoms with Crippen molar-refractivity contribution >= 4 is 11.8 Å². The van der Waals surface area contributed by atoms with Crippen molar-refractivity contribution < 1.29 is 19.1 Å². The molecule has 1 N–H and O–H groups in total. The average Bonchev–Trinajstić information content (AvgIpc) is 3.18. The number of carbonyl (C=O) groups is 2. The highest BCUT2D eigenvalue weighted by Crippen LogP contribution is 2.51. The van der Waals surface area contributed by atoms with E-state index in [4.69, 9.17) is 9.47 Å². The van der Waals surface area contributed by atoms with Gasteiger partial charge in [-0.05, 0) is 63.8 Å². The molecule has 7 nitrogen and oxygen atoms in total. The van der Waals surface area contributed by atoms with Crippen LogP contribution in [0.2, 0.25) is 0 Å². The van der Waals surface area contributed by atoms with Crippen LogP contribution in [0.4, 0.5) is 0 Å². The summed E-state index contributed by atoms with van der Waals surface area (Å²) in [4.78, 5) is 29.2. The number of nitrogens with one attached hydrogen (secondary N) is 1. The van der Waals surface area contributed by atoms with E-state index in [9.17, 15) is 9.59 Å². The first kappa shape index (κ1) is 22.9. The standard InChI is InChI=1S/C25H37N3O4/c1-17-18-12-20-21(32-11-10-31-20)13-19(18)25(8-6-7-9-25)16-28(17)15-23(30)27(5)14-22(29)26-24(2,3)4/h12-13,17H,6-11,14-16H2,1-5H3,(H,26,29). The van der Waals surface area contributed by atoms with Gasteiger partial charge in [-0.25, -0.2) is 0 Å². The number of carbonyl (C=O) groups excluding carboxylic acids is 2. The number of rotatable bonds is 4. The summed E-state index contributed by atoms with van der Waals surface area (Å²) < 4.78 is 11.7. The Labute approximate surface area is 191 Å². The molecule has 3 aliphatic rings. The normalized spacial score (nSPS) is 21.8. The second-order valence-corrected chi connectivity index (χ2v) is 10.7. The van der Waals surface area contributed by atoms with E-state index in [0.717, 1.165) is 30.9 Å². The van der Waals surface area contributed by atoms with Gasteiger partial charge in [0.05, 0.1) is 13.1 Å². The first-order valence-electron chi connectivity index (χ1n) is 11.8. The molecule has 1 atom stereocenters. The summed E-state index contributed by atoms with van der Waals surface area (Å²) >= 11 is 0. The molecule has 1 aromatic rings. The zero-order valence-electron chi connectivity index (χ0n) is 20.1. The van der Waals surface area contributed by atoms with Crippen molar-refractivity contribution in [1.29, 1.82) is 0 Å². The van der Waals surface area contributed by atoms with Gasteiger partial charge in [-0.2, -0.15) is 0 Å². The lowest BCUT2D eigenvalue weighted by molar-refractivity contribution is -0.136. The molecular formula is C25H37N3O4. The minimum atomic E-state index is -0.314. The molecule has 1 saturated carbocycles. The van der Waals surface area contributed by atoms with Gasteiger partial charge in [-0.15, -0.1) is 0 Å². The number of hydrogen-bond donors (Lipinski definition) is 1. The van der Waals surface area contributed by atoms with Gasteiger partial charge < -0.3 is 19.7 Å². The van der Waals surface area contributed by atoms with Crippen LogP contribution in [0.1, 0.15) is 70.5 Å². The lowest BCUT2D eigenvalue weighted by Gasteiger charge is -2.46. The van der Waals surface area contributed by atoms with Crippen LogP contribution in [0.5, 0.6) is 11.5 Å². The van der Waals surface area contributed by atoms with Crippen molar-refractivity contribution in [3.05, 3.63) is 23.3 Å². The minimum absolute atomic E-state index is 0.0324. The average molecular weight is 444 g/mol. The van der Waals surface area contributed by atoms with Gasteiger partial charge in [-0.1, -0.05) is 12.8 Å². The molecule has 1 unspecified atom stereocenters. The molecule has 1 fully saturated rings. The summed E-state index contributed by atoms with van der Waals surface area (Å²) in [6.45, 7) is 10.4. The highest BCUT2D eigenvalue weighted by molar-refractivity contribution is 5.85. The maximum atomic E-state index is 13.1.